The number of esters is 1. The molecular formula is C14H20N4O3S. The minimum absolute atomic E-state index is 0.125. The topological polar surface area (TPSA) is 86.1 Å². The van der Waals surface area contributed by atoms with Crippen LogP contribution in [0.25, 0.3) is 6.08 Å². The summed E-state index contributed by atoms with van der Waals surface area (Å²) in [5, 5.41) is 11.7. The Labute approximate surface area is 133 Å². The molecule has 0 radical (unpaired) electrons. The van der Waals surface area contributed by atoms with Crippen LogP contribution in [-0.4, -0.2) is 51.5 Å². The van der Waals surface area contributed by atoms with E-state index in [0.717, 1.165) is 30.8 Å². The van der Waals surface area contributed by atoms with Crippen LogP contribution in [0.15, 0.2) is 11.8 Å². The molecule has 1 fully saturated rings. The molecule has 1 N–H and O–H groups in total. The van der Waals surface area contributed by atoms with Crippen molar-refractivity contribution in [3.05, 3.63) is 17.5 Å². The summed E-state index contributed by atoms with van der Waals surface area (Å²) < 4.78 is 6.21. The van der Waals surface area contributed by atoms with Crippen molar-refractivity contribution in [3.8, 4) is 0 Å². The van der Waals surface area contributed by atoms with Crippen LogP contribution in [0.4, 0.5) is 0 Å². The summed E-state index contributed by atoms with van der Waals surface area (Å²) in [6.07, 6.45) is 4.95. The van der Waals surface area contributed by atoms with E-state index in [1.165, 1.54) is 18.9 Å². The van der Waals surface area contributed by atoms with Gasteiger partial charge in [0.05, 0.1) is 26.3 Å². The Hall–Kier alpha value is -1.67. The third-order valence-corrected chi connectivity index (χ3v) is 4.45. The van der Waals surface area contributed by atoms with E-state index in [0.29, 0.717) is 6.54 Å². The Balaban J connectivity index is 2.02. The van der Waals surface area contributed by atoms with Gasteiger partial charge in [-0.05, 0) is 24.6 Å². The number of carbonyl (C=O) groups excluding carboxylic acids is 2. The average molecular weight is 324 g/mol. The van der Waals surface area contributed by atoms with Crippen LogP contribution in [0.1, 0.15) is 25.5 Å². The lowest BCUT2D eigenvalue weighted by Gasteiger charge is -2.24. The SMILES string of the molecule is COC(=O)CCn1cc(C=C2CNCCC2SC(C)=O)nn1. The zero-order valence-corrected chi connectivity index (χ0v) is 13.6. The van der Waals surface area contributed by atoms with Gasteiger partial charge in [-0.2, -0.15) is 0 Å². The molecule has 1 unspecified atom stereocenters. The molecule has 22 heavy (non-hydrogen) atoms. The van der Waals surface area contributed by atoms with Gasteiger partial charge in [-0.1, -0.05) is 17.0 Å². The molecule has 0 spiro atoms. The van der Waals surface area contributed by atoms with E-state index in [1.54, 1.807) is 17.8 Å². The summed E-state index contributed by atoms with van der Waals surface area (Å²) in [6.45, 7) is 3.69. The molecule has 1 aromatic heterocycles. The Bertz CT molecular complexity index is 570. The van der Waals surface area contributed by atoms with E-state index >= 15 is 0 Å². The van der Waals surface area contributed by atoms with Gasteiger partial charge in [0.2, 0.25) is 0 Å². The second kappa shape index (κ2) is 8.09. The van der Waals surface area contributed by atoms with Crippen molar-refractivity contribution in [1.82, 2.24) is 20.3 Å². The van der Waals surface area contributed by atoms with Crippen LogP contribution in [0.3, 0.4) is 0 Å². The first-order valence-corrected chi connectivity index (χ1v) is 8.02. The van der Waals surface area contributed by atoms with Crippen LogP contribution in [0, 0.1) is 0 Å². The number of nitrogens with zero attached hydrogens (tertiary/aromatic N) is 3. The van der Waals surface area contributed by atoms with E-state index in [4.69, 9.17) is 0 Å². The summed E-state index contributed by atoms with van der Waals surface area (Å²) >= 11 is 1.36. The average Bonchev–Trinajstić information content (AvgIpc) is 2.94. The van der Waals surface area contributed by atoms with E-state index < -0.39 is 0 Å². The third kappa shape index (κ3) is 4.96. The summed E-state index contributed by atoms with van der Waals surface area (Å²) in [5.41, 5.74) is 1.88. The first kappa shape index (κ1) is 16.7. The maximum absolute atomic E-state index is 11.3. The summed E-state index contributed by atoms with van der Waals surface area (Å²) in [7, 11) is 1.36. The Kier molecular flexibility index (Phi) is 6.14. The lowest BCUT2D eigenvalue weighted by Crippen LogP contribution is -2.32. The van der Waals surface area contributed by atoms with Gasteiger partial charge in [-0.15, -0.1) is 5.10 Å². The van der Waals surface area contributed by atoms with Crippen LogP contribution >= 0.6 is 11.8 Å². The van der Waals surface area contributed by atoms with Gasteiger partial charge >= 0.3 is 5.97 Å². The van der Waals surface area contributed by atoms with Gasteiger partial charge in [-0.3, -0.25) is 14.3 Å². The number of nitrogens with one attached hydrogen (secondary N) is 1. The zero-order chi connectivity index (χ0) is 15.9. The zero-order valence-electron chi connectivity index (χ0n) is 12.7. The first-order valence-electron chi connectivity index (χ1n) is 7.14. The maximum atomic E-state index is 11.3. The van der Waals surface area contributed by atoms with Crippen LogP contribution in [0.2, 0.25) is 0 Å². The molecule has 1 aliphatic rings. The van der Waals surface area contributed by atoms with Gasteiger partial charge in [0, 0.05) is 18.7 Å². The molecule has 0 saturated carbocycles. The quantitative estimate of drug-likeness (QED) is 0.804. The summed E-state index contributed by atoms with van der Waals surface area (Å²) in [6, 6.07) is 0. The summed E-state index contributed by atoms with van der Waals surface area (Å²) in [4.78, 5) is 22.4. The van der Waals surface area contributed by atoms with E-state index in [1.807, 2.05) is 6.08 Å². The lowest BCUT2D eigenvalue weighted by atomic mass is 10.1. The molecule has 0 aliphatic carbocycles. The number of hydrogen-bond donors (Lipinski definition) is 1. The molecule has 2 rings (SSSR count). The number of aryl methyl sites for hydroxylation is 1. The highest BCUT2D eigenvalue weighted by Crippen LogP contribution is 2.26. The number of piperidine rings is 1. The van der Waals surface area contributed by atoms with E-state index in [9.17, 15) is 9.59 Å². The molecule has 120 valence electrons. The number of methoxy groups -OCH3 is 1. The smallest absolute Gasteiger partial charge is 0.307 e. The number of carbonyl (C=O) groups is 2. The van der Waals surface area contributed by atoms with Crippen LogP contribution < -0.4 is 5.32 Å². The first-order chi connectivity index (χ1) is 10.6. The predicted molar refractivity (Wildman–Crippen MR) is 84.2 cm³/mol. The number of ether oxygens (including phenoxy) is 1. The van der Waals surface area contributed by atoms with E-state index in [-0.39, 0.29) is 22.8 Å². The molecule has 0 aromatic carbocycles. The van der Waals surface area contributed by atoms with Crippen molar-refractivity contribution in [1.29, 1.82) is 0 Å². The molecule has 8 heteroatoms. The fourth-order valence-corrected chi connectivity index (χ4v) is 3.17. The highest BCUT2D eigenvalue weighted by molar-refractivity contribution is 8.14. The molecule has 7 nitrogen and oxygen atoms in total. The van der Waals surface area contributed by atoms with Crippen LogP contribution in [0.5, 0.6) is 0 Å². The molecule has 2 heterocycles. The van der Waals surface area contributed by atoms with E-state index in [2.05, 4.69) is 20.4 Å². The second-order valence-corrected chi connectivity index (χ2v) is 6.40. The maximum Gasteiger partial charge on any atom is 0.307 e. The molecular weight excluding hydrogens is 304 g/mol. The van der Waals surface area contributed by atoms with Gasteiger partial charge in [0.25, 0.3) is 0 Å². The fourth-order valence-electron chi connectivity index (χ4n) is 2.23. The van der Waals surface area contributed by atoms with Crippen molar-refractivity contribution in [2.75, 3.05) is 20.2 Å². The minimum atomic E-state index is -0.273. The monoisotopic (exact) mass is 324 g/mol. The van der Waals surface area contributed by atoms with Gasteiger partial charge in [0.15, 0.2) is 5.12 Å². The molecule has 0 amide bonds. The highest BCUT2D eigenvalue weighted by Gasteiger charge is 2.21. The van der Waals surface area contributed by atoms with Crippen LogP contribution in [-0.2, 0) is 20.9 Å². The Morgan fingerprint density at radius 3 is 3.14 bits per heavy atom. The van der Waals surface area contributed by atoms with Crippen molar-refractivity contribution in [2.45, 2.75) is 31.6 Å². The lowest BCUT2D eigenvalue weighted by molar-refractivity contribution is -0.140. The van der Waals surface area contributed by atoms with Gasteiger partial charge < -0.3 is 10.1 Å². The number of hydrogen-bond acceptors (Lipinski definition) is 7. The second-order valence-electron chi connectivity index (χ2n) is 5.02. The normalized spacial score (nSPS) is 20.1. The number of aromatic nitrogens is 3. The largest absolute Gasteiger partial charge is 0.469 e. The molecule has 1 saturated heterocycles. The predicted octanol–water partition coefficient (Wildman–Crippen LogP) is 0.866. The van der Waals surface area contributed by atoms with Crippen molar-refractivity contribution in [2.24, 2.45) is 0 Å². The van der Waals surface area contributed by atoms with Crippen molar-refractivity contribution < 1.29 is 14.3 Å². The molecule has 1 aliphatic heterocycles. The Morgan fingerprint density at radius 1 is 1.59 bits per heavy atom. The Morgan fingerprint density at radius 2 is 2.41 bits per heavy atom. The molecule has 1 atom stereocenters. The standard InChI is InChI=1S/C14H20N4O3S/c1-10(19)22-13-3-5-15-8-11(13)7-12-9-18(17-16-12)6-4-14(20)21-2/h7,9,13,15H,3-6,8H2,1-2H3. The number of rotatable bonds is 5. The fraction of sp³-hybridized carbons (Fsp3) is 0.571. The van der Waals surface area contributed by atoms with Gasteiger partial charge in [0.1, 0.15) is 5.69 Å². The molecule has 0 bridgehead atoms. The van der Waals surface area contributed by atoms with Gasteiger partial charge in [-0.25, -0.2) is 0 Å². The summed E-state index contributed by atoms with van der Waals surface area (Å²) in [5.74, 6) is -0.273. The third-order valence-electron chi connectivity index (χ3n) is 3.30. The number of thioether (sulfide) groups is 1. The van der Waals surface area contributed by atoms with Crippen molar-refractivity contribution in [3.63, 3.8) is 0 Å². The minimum Gasteiger partial charge on any atom is -0.469 e. The highest BCUT2D eigenvalue weighted by atomic mass is 32.2. The van der Waals surface area contributed by atoms with Crippen molar-refractivity contribution >= 4 is 28.9 Å². The molecule has 1 aromatic rings.